The topological polar surface area (TPSA) is 91.1 Å². The molecule has 0 aromatic carbocycles. The number of thioether (sulfide) groups is 1. The van der Waals surface area contributed by atoms with E-state index in [-0.39, 0.29) is 24.8 Å². The van der Waals surface area contributed by atoms with Gasteiger partial charge in [-0.05, 0) is 43.5 Å². The molecule has 1 unspecified atom stereocenters. The summed E-state index contributed by atoms with van der Waals surface area (Å²) < 4.78 is 5.58. The summed E-state index contributed by atoms with van der Waals surface area (Å²) in [5, 5.41) is 9.30. The van der Waals surface area contributed by atoms with Crippen molar-refractivity contribution in [1.29, 1.82) is 0 Å². The first-order valence-electron chi connectivity index (χ1n) is 8.95. The van der Waals surface area contributed by atoms with Gasteiger partial charge < -0.3 is 14.4 Å². The number of carboxylic acids is 1. The minimum atomic E-state index is -0.982. The second-order valence-electron chi connectivity index (χ2n) is 6.42. The van der Waals surface area contributed by atoms with E-state index in [0.717, 1.165) is 12.8 Å². The number of amides is 2. The number of allylic oxidation sites excluding steroid dienone is 2. The molecule has 28 heavy (non-hydrogen) atoms. The fourth-order valence-corrected chi connectivity index (χ4v) is 4.42. The number of hydrogen-bond donors (Lipinski definition) is 1. The van der Waals surface area contributed by atoms with Crippen molar-refractivity contribution in [2.24, 2.45) is 0 Å². The van der Waals surface area contributed by atoms with Crippen LogP contribution in [0.15, 0.2) is 39.9 Å². The number of thiocarbonyl (C=S) groups is 1. The number of hydrogen-bond acceptors (Lipinski definition) is 6. The number of carbonyl (C=O) groups excluding carboxylic acids is 2. The van der Waals surface area contributed by atoms with Crippen LogP contribution < -0.4 is 0 Å². The van der Waals surface area contributed by atoms with E-state index in [1.54, 1.807) is 36.6 Å². The molecule has 0 saturated carbocycles. The van der Waals surface area contributed by atoms with Crippen LogP contribution in [0.25, 0.3) is 6.08 Å². The minimum Gasteiger partial charge on any atom is -0.480 e. The van der Waals surface area contributed by atoms with E-state index < -0.39 is 12.0 Å². The molecule has 148 valence electrons. The van der Waals surface area contributed by atoms with Crippen LogP contribution in [-0.4, -0.2) is 56.1 Å². The Morgan fingerprint density at radius 1 is 1.39 bits per heavy atom. The molecule has 0 aliphatic carbocycles. The lowest BCUT2D eigenvalue weighted by atomic mass is 10.0. The predicted molar refractivity (Wildman–Crippen MR) is 109 cm³/mol. The van der Waals surface area contributed by atoms with Crippen LogP contribution in [0.3, 0.4) is 0 Å². The number of furan rings is 1. The smallest absolute Gasteiger partial charge is 0.326 e. The van der Waals surface area contributed by atoms with Crippen molar-refractivity contribution in [3.63, 3.8) is 0 Å². The summed E-state index contributed by atoms with van der Waals surface area (Å²) in [5.74, 6) is -0.819. The fraction of sp³-hybridized carbons (Fsp3) is 0.368. The Morgan fingerprint density at radius 2 is 2.21 bits per heavy atom. The Bertz CT molecular complexity index is 831. The van der Waals surface area contributed by atoms with Crippen molar-refractivity contribution in [2.75, 3.05) is 13.1 Å². The summed E-state index contributed by atoms with van der Waals surface area (Å²) in [6.45, 7) is 0.581. The summed E-state index contributed by atoms with van der Waals surface area (Å²) >= 11 is 6.44. The van der Waals surface area contributed by atoms with Gasteiger partial charge in [0, 0.05) is 19.5 Å². The highest BCUT2D eigenvalue weighted by Crippen LogP contribution is 2.31. The van der Waals surface area contributed by atoms with Gasteiger partial charge in [-0.25, -0.2) is 4.79 Å². The number of nitrogens with zero attached hydrogens (tertiary/aromatic N) is 2. The van der Waals surface area contributed by atoms with Gasteiger partial charge in [0.15, 0.2) is 0 Å². The standard InChI is InChI=1S/C19H20N2O5S2/c22-16(20-10-2-1-7-14(20)18(24)25)9-11-21-17(23)15(28-19(21)27)8-3-5-13-6-4-12-26-13/h3-6,8,12,14H,1-2,7,9-11H2,(H,24,25). The van der Waals surface area contributed by atoms with Gasteiger partial charge in [0.25, 0.3) is 5.91 Å². The van der Waals surface area contributed by atoms with Crippen molar-refractivity contribution in [3.05, 3.63) is 41.2 Å². The zero-order valence-electron chi connectivity index (χ0n) is 15.1. The molecule has 3 heterocycles. The number of likely N-dealkylation sites (tertiary alicyclic amines) is 1. The van der Waals surface area contributed by atoms with Gasteiger partial charge in [-0.1, -0.05) is 30.1 Å². The summed E-state index contributed by atoms with van der Waals surface area (Å²) in [4.78, 5) is 39.7. The lowest BCUT2D eigenvalue weighted by Crippen LogP contribution is -2.48. The van der Waals surface area contributed by atoms with E-state index in [0.29, 0.717) is 28.0 Å². The lowest BCUT2D eigenvalue weighted by molar-refractivity contribution is -0.152. The Hall–Kier alpha value is -2.39. The first-order valence-corrected chi connectivity index (χ1v) is 10.2. The summed E-state index contributed by atoms with van der Waals surface area (Å²) in [7, 11) is 0. The first kappa shape index (κ1) is 20.3. The summed E-state index contributed by atoms with van der Waals surface area (Å²) in [5.41, 5.74) is 0. The molecule has 1 aromatic rings. The Kier molecular flexibility index (Phi) is 6.69. The molecule has 2 fully saturated rings. The number of carboxylic acid groups (broad SMARTS) is 1. The molecule has 2 aliphatic heterocycles. The third kappa shape index (κ3) is 4.71. The third-order valence-corrected chi connectivity index (χ3v) is 5.98. The Balaban J connectivity index is 1.58. The van der Waals surface area contributed by atoms with Gasteiger partial charge >= 0.3 is 5.97 Å². The number of aliphatic carboxylic acids is 1. The van der Waals surface area contributed by atoms with Gasteiger partial charge in [-0.2, -0.15) is 0 Å². The van der Waals surface area contributed by atoms with E-state index in [9.17, 15) is 19.5 Å². The van der Waals surface area contributed by atoms with Crippen LogP contribution >= 0.6 is 24.0 Å². The average Bonchev–Trinajstić information content (AvgIpc) is 3.29. The molecule has 1 atom stereocenters. The van der Waals surface area contributed by atoms with Crippen LogP contribution in [-0.2, 0) is 14.4 Å². The molecule has 1 aromatic heterocycles. The first-order chi connectivity index (χ1) is 13.5. The minimum absolute atomic E-state index is 0.0474. The van der Waals surface area contributed by atoms with Crippen LogP contribution in [0.2, 0.25) is 0 Å². The molecule has 3 rings (SSSR count). The fourth-order valence-electron chi connectivity index (χ4n) is 3.16. The number of rotatable bonds is 6. The maximum absolute atomic E-state index is 12.5. The average molecular weight is 421 g/mol. The normalized spacial score (nSPS) is 21.9. The largest absolute Gasteiger partial charge is 0.480 e. The van der Waals surface area contributed by atoms with Crippen molar-refractivity contribution in [1.82, 2.24) is 9.80 Å². The molecule has 1 N–H and O–H groups in total. The molecule has 7 nitrogen and oxygen atoms in total. The maximum Gasteiger partial charge on any atom is 0.326 e. The van der Waals surface area contributed by atoms with Crippen LogP contribution in [0, 0.1) is 0 Å². The van der Waals surface area contributed by atoms with Crippen molar-refractivity contribution in [2.45, 2.75) is 31.7 Å². The quantitative estimate of drug-likeness (QED) is 0.559. The zero-order valence-corrected chi connectivity index (χ0v) is 16.7. The molecule has 0 spiro atoms. The van der Waals surface area contributed by atoms with Gasteiger partial charge in [0.1, 0.15) is 16.1 Å². The SMILES string of the molecule is O=C(O)C1CCCCN1C(=O)CCN1C(=O)C(=CC=Cc2ccco2)SC1=S. The van der Waals surface area contributed by atoms with Gasteiger partial charge in [-0.15, -0.1) is 0 Å². The van der Waals surface area contributed by atoms with Crippen molar-refractivity contribution < 1.29 is 23.9 Å². The summed E-state index contributed by atoms with van der Waals surface area (Å²) in [6.07, 6.45) is 8.77. The number of carbonyl (C=O) groups is 3. The molecule has 9 heteroatoms. The van der Waals surface area contributed by atoms with Crippen molar-refractivity contribution >= 4 is 52.2 Å². The Labute approximate surface area is 172 Å². The Morgan fingerprint density at radius 3 is 2.93 bits per heavy atom. The van der Waals surface area contributed by atoms with E-state index in [1.165, 1.54) is 21.6 Å². The predicted octanol–water partition coefficient (Wildman–Crippen LogP) is 2.89. The van der Waals surface area contributed by atoms with Crippen LogP contribution in [0.4, 0.5) is 0 Å². The molecule has 2 aliphatic rings. The second-order valence-corrected chi connectivity index (χ2v) is 8.09. The highest BCUT2D eigenvalue weighted by molar-refractivity contribution is 8.26. The molecule has 0 radical (unpaired) electrons. The van der Waals surface area contributed by atoms with Crippen molar-refractivity contribution in [3.8, 4) is 0 Å². The molecule has 2 amide bonds. The number of piperidine rings is 1. The summed E-state index contributed by atoms with van der Waals surface area (Å²) in [6, 6.07) is 2.79. The van der Waals surface area contributed by atoms with Crippen LogP contribution in [0.5, 0.6) is 0 Å². The van der Waals surface area contributed by atoms with Crippen LogP contribution in [0.1, 0.15) is 31.4 Å². The van der Waals surface area contributed by atoms with E-state index in [1.807, 2.05) is 0 Å². The third-order valence-electron chi connectivity index (χ3n) is 4.58. The molecular formula is C19H20N2O5S2. The van der Waals surface area contributed by atoms with E-state index >= 15 is 0 Å². The van der Waals surface area contributed by atoms with Gasteiger partial charge in [-0.3, -0.25) is 14.5 Å². The maximum atomic E-state index is 12.5. The highest BCUT2D eigenvalue weighted by atomic mass is 32.2. The van der Waals surface area contributed by atoms with E-state index in [2.05, 4.69) is 0 Å². The lowest BCUT2D eigenvalue weighted by Gasteiger charge is -2.33. The zero-order chi connectivity index (χ0) is 20.1. The molecule has 0 bridgehead atoms. The molecular weight excluding hydrogens is 400 g/mol. The van der Waals surface area contributed by atoms with Gasteiger partial charge in [0.05, 0.1) is 11.2 Å². The highest BCUT2D eigenvalue weighted by Gasteiger charge is 2.35. The monoisotopic (exact) mass is 420 g/mol. The van der Waals surface area contributed by atoms with E-state index in [4.69, 9.17) is 16.6 Å². The molecule has 2 saturated heterocycles. The van der Waals surface area contributed by atoms with Gasteiger partial charge in [0.2, 0.25) is 5.91 Å². The second kappa shape index (κ2) is 9.20.